The summed E-state index contributed by atoms with van der Waals surface area (Å²) in [5.41, 5.74) is 3.33. The van der Waals surface area contributed by atoms with Gasteiger partial charge in [-0.3, -0.25) is 0 Å². The van der Waals surface area contributed by atoms with Crippen molar-refractivity contribution in [1.29, 1.82) is 0 Å². The topological polar surface area (TPSA) is 58.2 Å². The molecule has 2 aromatic carbocycles. The fourth-order valence-electron chi connectivity index (χ4n) is 4.01. The molecule has 3 unspecified atom stereocenters. The minimum atomic E-state index is -3.45. The fraction of sp³-hybridized carbons (Fsp3) is 0.300. The molecule has 1 aliphatic carbocycles. The number of hydrogen-bond donors (Lipinski definition) is 2. The Kier molecular flexibility index (Phi) is 4.67. The van der Waals surface area contributed by atoms with Crippen LogP contribution in [0, 0.1) is 5.92 Å². The van der Waals surface area contributed by atoms with Crippen molar-refractivity contribution >= 4 is 31.6 Å². The highest BCUT2D eigenvalue weighted by molar-refractivity contribution is 9.10. The van der Waals surface area contributed by atoms with Gasteiger partial charge in [0.05, 0.1) is 10.9 Å². The van der Waals surface area contributed by atoms with E-state index in [1.54, 1.807) is 13.0 Å². The van der Waals surface area contributed by atoms with Crippen molar-refractivity contribution in [2.45, 2.75) is 30.2 Å². The Morgan fingerprint density at radius 2 is 1.96 bits per heavy atom. The van der Waals surface area contributed by atoms with Crippen LogP contribution in [0.1, 0.15) is 36.4 Å². The van der Waals surface area contributed by atoms with E-state index in [0.717, 1.165) is 22.1 Å². The van der Waals surface area contributed by atoms with Crippen LogP contribution in [-0.2, 0) is 10.0 Å². The molecule has 0 spiro atoms. The Morgan fingerprint density at radius 3 is 2.69 bits per heavy atom. The zero-order valence-corrected chi connectivity index (χ0v) is 16.8. The fourth-order valence-corrected chi connectivity index (χ4v) is 5.35. The molecule has 4 nitrogen and oxygen atoms in total. The third kappa shape index (κ3) is 3.10. The predicted molar refractivity (Wildman–Crippen MR) is 108 cm³/mol. The van der Waals surface area contributed by atoms with Crippen LogP contribution in [0.25, 0.3) is 0 Å². The van der Waals surface area contributed by atoms with Crippen molar-refractivity contribution in [3.8, 4) is 0 Å². The van der Waals surface area contributed by atoms with Crippen molar-refractivity contribution in [2.75, 3.05) is 11.9 Å². The van der Waals surface area contributed by atoms with E-state index in [9.17, 15) is 8.42 Å². The normalized spacial score (nSPS) is 24.0. The first-order valence-corrected chi connectivity index (χ1v) is 11.1. The third-order valence-electron chi connectivity index (χ3n) is 5.21. The lowest BCUT2D eigenvalue weighted by Gasteiger charge is -2.37. The molecule has 0 bridgehead atoms. The molecule has 2 aromatic rings. The van der Waals surface area contributed by atoms with Crippen LogP contribution in [0.15, 0.2) is 64.0 Å². The third-order valence-corrected chi connectivity index (χ3v) is 7.28. The first-order valence-electron chi connectivity index (χ1n) is 8.82. The van der Waals surface area contributed by atoms with Crippen LogP contribution in [0.2, 0.25) is 0 Å². The van der Waals surface area contributed by atoms with E-state index in [2.05, 4.69) is 62.4 Å². The molecule has 0 saturated heterocycles. The number of benzene rings is 2. The minimum Gasteiger partial charge on any atom is -0.378 e. The van der Waals surface area contributed by atoms with Crippen LogP contribution in [0.3, 0.4) is 0 Å². The van der Waals surface area contributed by atoms with Crippen molar-refractivity contribution < 1.29 is 8.42 Å². The Labute approximate surface area is 162 Å². The van der Waals surface area contributed by atoms with Crippen molar-refractivity contribution in [3.05, 3.63) is 70.2 Å². The van der Waals surface area contributed by atoms with Gasteiger partial charge in [0.2, 0.25) is 10.0 Å². The van der Waals surface area contributed by atoms with E-state index < -0.39 is 10.0 Å². The molecular formula is C20H21BrN2O2S. The van der Waals surface area contributed by atoms with Crippen LogP contribution in [-0.4, -0.2) is 15.0 Å². The number of sulfonamides is 1. The molecule has 0 fully saturated rings. The maximum atomic E-state index is 12.4. The summed E-state index contributed by atoms with van der Waals surface area (Å²) in [4.78, 5) is 0.334. The molecule has 0 aromatic heterocycles. The molecule has 0 saturated carbocycles. The second kappa shape index (κ2) is 6.83. The van der Waals surface area contributed by atoms with Gasteiger partial charge < -0.3 is 5.32 Å². The lowest BCUT2D eigenvalue weighted by molar-refractivity contribution is 0.425. The average Bonchev–Trinajstić information content (AvgIpc) is 3.11. The molecule has 6 heteroatoms. The maximum absolute atomic E-state index is 12.4. The molecule has 0 amide bonds. The molecule has 1 aliphatic heterocycles. The smallest absolute Gasteiger partial charge is 0.240 e. The number of rotatable bonds is 4. The lowest BCUT2D eigenvalue weighted by Crippen LogP contribution is -2.30. The Morgan fingerprint density at radius 1 is 1.19 bits per heavy atom. The monoisotopic (exact) mass is 432 g/mol. The maximum Gasteiger partial charge on any atom is 0.240 e. The first kappa shape index (κ1) is 17.8. The highest BCUT2D eigenvalue weighted by atomic mass is 79.9. The lowest BCUT2D eigenvalue weighted by atomic mass is 9.77. The van der Waals surface area contributed by atoms with E-state index in [4.69, 9.17) is 0 Å². The molecule has 0 radical (unpaired) electrons. The SMILES string of the molecule is CCNS(=O)(=O)c1ccc2c(c1)C1C=CCC1C(c1ccc(Br)cc1)N2. The van der Waals surface area contributed by atoms with E-state index in [1.165, 1.54) is 5.56 Å². The number of halogens is 1. The van der Waals surface area contributed by atoms with Gasteiger partial charge in [-0.15, -0.1) is 0 Å². The summed E-state index contributed by atoms with van der Waals surface area (Å²) in [5, 5.41) is 3.64. The van der Waals surface area contributed by atoms with Gasteiger partial charge in [0.25, 0.3) is 0 Å². The first-order chi connectivity index (χ1) is 12.5. The molecule has 2 N–H and O–H groups in total. The Balaban J connectivity index is 1.74. The number of nitrogens with one attached hydrogen (secondary N) is 2. The van der Waals surface area contributed by atoms with Gasteiger partial charge in [-0.05, 0) is 53.8 Å². The van der Waals surface area contributed by atoms with Gasteiger partial charge in [0, 0.05) is 22.6 Å². The highest BCUT2D eigenvalue weighted by Crippen LogP contribution is 2.50. The average molecular weight is 433 g/mol. The molecule has 136 valence electrons. The van der Waals surface area contributed by atoms with Gasteiger partial charge in [-0.25, -0.2) is 13.1 Å². The molecule has 4 rings (SSSR count). The largest absolute Gasteiger partial charge is 0.378 e. The summed E-state index contributed by atoms with van der Waals surface area (Å²) < 4.78 is 28.4. The van der Waals surface area contributed by atoms with Crippen LogP contribution in [0.5, 0.6) is 0 Å². The van der Waals surface area contributed by atoms with E-state index in [-0.39, 0.29) is 12.0 Å². The zero-order chi connectivity index (χ0) is 18.3. The molecule has 1 heterocycles. The Bertz CT molecular complexity index is 954. The zero-order valence-electron chi connectivity index (χ0n) is 14.4. The van der Waals surface area contributed by atoms with Crippen LogP contribution < -0.4 is 10.0 Å². The summed E-state index contributed by atoms with van der Waals surface area (Å²) in [6.07, 6.45) is 5.42. The van der Waals surface area contributed by atoms with Gasteiger partial charge >= 0.3 is 0 Å². The molecular weight excluding hydrogens is 412 g/mol. The van der Waals surface area contributed by atoms with Crippen molar-refractivity contribution in [3.63, 3.8) is 0 Å². The van der Waals surface area contributed by atoms with E-state index >= 15 is 0 Å². The summed E-state index contributed by atoms with van der Waals surface area (Å²) in [7, 11) is -3.45. The molecule has 2 aliphatic rings. The highest BCUT2D eigenvalue weighted by Gasteiger charge is 2.38. The molecule has 26 heavy (non-hydrogen) atoms. The van der Waals surface area contributed by atoms with Gasteiger partial charge in [-0.2, -0.15) is 0 Å². The Hall–Kier alpha value is -1.63. The quantitative estimate of drug-likeness (QED) is 0.695. The number of hydrogen-bond acceptors (Lipinski definition) is 3. The van der Waals surface area contributed by atoms with E-state index in [0.29, 0.717) is 17.4 Å². The summed E-state index contributed by atoms with van der Waals surface area (Å²) in [6.45, 7) is 2.17. The summed E-state index contributed by atoms with van der Waals surface area (Å²) in [6, 6.07) is 14.0. The van der Waals surface area contributed by atoms with Crippen LogP contribution in [0.4, 0.5) is 5.69 Å². The minimum absolute atomic E-state index is 0.215. The number of fused-ring (bicyclic) bond motifs is 3. The molecule has 3 atom stereocenters. The van der Waals surface area contributed by atoms with Crippen LogP contribution >= 0.6 is 15.9 Å². The summed E-state index contributed by atoms with van der Waals surface area (Å²) in [5.74, 6) is 0.623. The van der Waals surface area contributed by atoms with Gasteiger partial charge in [0.15, 0.2) is 0 Å². The van der Waals surface area contributed by atoms with Gasteiger partial charge in [-0.1, -0.05) is 47.1 Å². The second-order valence-corrected chi connectivity index (χ2v) is 9.46. The number of anilines is 1. The van der Waals surface area contributed by atoms with Gasteiger partial charge in [0.1, 0.15) is 0 Å². The van der Waals surface area contributed by atoms with E-state index in [1.807, 2.05) is 12.1 Å². The van der Waals surface area contributed by atoms with Crippen molar-refractivity contribution in [1.82, 2.24) is 4.72 Å². The summed E-state index contributed by atoms with van der Waals surface area (Å²) >= 11 is 3.50. The standard InChI is InChI=1S/C20H21BrN2O2S/c1-2-22-26(24,25)15-10-11-19-18(12-15)16-4-3-5-17(16)20(23-19)13-6-8-14(21)9-7-13/h3-4,6-12,16-17,20,22-23H,2,5H2,1H3. The number of allylic oxidation sites excluding steroid dienone is 2. The predicted octanol–water partition coefficient (Wildman–Crippen LogP) is 4.57. The second-order valence-electron chi connectivity index (χ2n) is 6.78. The van der Waals surface area contributed by atoms with Crippen molar-refractivity contribution in [2.24, 2.45) is 5.92 Å².